The number of carbonyl (C=O) groups excluding carboxylic acids is 3. The van der Waals surface area contributed by atoms with Crippen LogP contribution in [0.15, 0.2) is 96.7 Å². The van der Waals surface area contributed by atoms with Gasteiger partial charge in [-0.3, -0.25) is 14.4 Å². The van der Waals surface area contributed by atoms with Gasteiger partial charge in [0.25, 0.3) is 0 Å². The number of aliphatic hydroxyl groups excluding tert-OH is 1. The number of carbonyl (C=O) groups is 3. The van der Waals surface area contributed by atoms with Crippen LogP contribution in [0, 0.1) is 64.6 Å². The zero-order valence-corrected chi connectivity index (χ0v) is 30.8. The second-order valence-corrected chi connectivity index (χ2v) is 16.8. The van der Waals surface area contributed by atoms with Crippen LogP contribution in [0.25, 0.3) is 0 Å². The molecule has 0 aromatic rings. The number of esters is 2. The minimum atomic E-state index is -1.89. The molecule has 4 saturated carbocycles. The van der Waals surface area contributed by atoms with Crippen LogP contribution >= 0.6 is 0 Å². The molecular formula is C44H54O8. The van der Waals surface area contributed by atoms with Crippen molar-refractivity contribution in [2.24, 2.45) is 64.6 Å². The Morgan fingerprint density at radius 1 is 1.02 bits per heavy atom. The van der Waals surface area contributed by atoms with Crippen molar-refractivity contribution in [2.75, 3.05) is 13.2 Å². The highest BCUT2D eigenvalue weighted by Gasteiger charge is 2.85. The third kappa shape index (κ3) is 5.38. The minimum Gasteiger partial charge on any atom is -0.465 e. The number of ether oxygens (including phenoxy) is 2. The first kappa shape index (κ1) is 36.8. The molecule has 7 rings (SSSR count). The first-order chi connectivity index (χ1) is 24.8. The Kier molecular flexibility index (Phi) is 9.45. The number of hydrogen-bond acceptors (Lipinski definition) is 8. The molecular weight excluding hydrogens is 656 g/mol. The molecule has 7 aliphatic rings. The van der Waals surface area contributed by atoms with Crippen LogP contribution in [0.4, 0.5) is 0 Å². The number of fused-ring (bicyclic) bond motifs is 8. The van der Waals surface area contributed by atoms with E-state index in [1.165, 1.54) is 0 Å². The van der Waals surface area contributed by atoms with E-state index in [1.54, 1.807) is 19.1 Å². The highest BCUT2D eigenvalue weighted by atomic mass is 16.6. The van der Waals surface area contributed by atoms with Crippen molar-refractivity contribution >= 4 is 17.7 Å². The van der Waals surface area contributed by atoms with E-state index in [0.29, 0.717) is 11.1 Å². The first-order valence-corrected chi connectivity index (χ1v) is 19.2. The van der Waals surface area contributed by atoms with Gasteiger partial charge in [-0.25, -0.2) is 0 Å². The molecule has 0 radical (unpaired) electrons. The number of Topliss-reactive ketones (excluding diaryl/α,β-unsaturated/α-hetero) is 1. The number of rotatable bonds is 8. The molecule has 1 heterocycles. The molecule has 14 atom stereocenters. The van der Waals surface area contributed by atoms with Crippen molar-refractivity contribution in [3.8, 4) is 0 Å². The molecule has 8 nitrogen and oxygen atoms in total. The van der Waals surface area contributed by atoms with Crippen molar-refractivity contribution < 1.29 is 39.2 Å². The summed E-state index contributed by atoms with van der Waals surface area (Å²) in [5.41, 5.74) is -4.57. The van der Waals surface area contributed by atoms with Crippen molar-refractivity contribution in [2.45, 2.75) is 76.6 Å². The van der Waals surface area contributed by atoms with E-state index in [1.807, 2.05) is 68.5 Å². The van der Waals surface area contributed by atoms with Gasteiger partial charge >= 0.3 is 11.9 Å². The van der Waals surface area contributed by atoms with E-state index in [2.05, 4.69) is 25.7 Å². The molecule has 0 unspecified atom stereocenters. The van der Waals surface area contributed by atoms with Gasteiger partial charge in [0.15, 0.2) is 5.78 Å². The zero-order chi connectivity index (χ0) is 37.2. The summed E-state index contributed by atoms with van der Waals surface area (Å²) < 4.78 is 12.7. The van der Waals surface area contributed by atoms with Crippen LogP contribution < -0.4 is 0 Å². The van der Waals surface area contributed by atoms with Crippen LogP contribution in [0.3, 0.4) is 0 Å². The van der Waals surface area contributed by atoms with Gasteiger partial charge in [-0.05, 0) is 66.4 Å². The Balaban J connectivity index is 1.20. The maximum Gasteiger partial charge on any atom is 0.310 e. The van der Waals surface area contributed by atoms with Crippen LogP contribution in [-0.4, -0.2) is 63.1 Å². The fourth-order valence-electron chi connectivity index (χ4n) is 11.6. The molecule has 0 saturated heterocycles. The SMILES string of the molecule is C=C[C@@H]1[C@@H]2[C@@H]3/C=C/CC(=O)O[C@@]45C[C@@H](C)[C@@]6(O)[C@@H](C=C(CO)C[C@]7(O)C(=O)C(C)=C[C@@H]67)[C@@H]4[C@@]5(C)COC(=O)[C@H]3[C@@H](/C=C/C=C/C=C/C=C/CCC)[C@H]12. The Labute approximate surface area is 307 Å². The Morgan fingerprint density at radius 2 is 1.75 bits per heavy atom. The highest BCUT2D eigenvalue weighted by molar-refractivity contribution is 6.04. The summed E-state index contributed by atoms with van der Waals surface area (Å²) in [5.74, 6) is -3.61. The maximum atomic E-state index is 14.3. The van der Waals surface area contributed by atoms with Gasteiger partial charge in [-0.15, -0.1) is 6.58 Å². The van der Waals surface area contributed by atoms with Gasteiger partial charge in [-0.1, -0.05) is 106 Å². The van der Waals surface area contributed by atoms with Crippen LogP contribution in [0.5, 0.6) is 0 Å². The number of aliphatic hydroxyl groups is 3. The standard InChI is InChI=1S/C44H54O8/c1-6-8-9-10-11-12-13-14-15-17-30-35-29(7-2)36(35)31-18-16-19-34(46)52-43-22-27(4)44(50)32(38(43)41(43,5)25-51-40(48)37(30)31)21-28(24-45)23-42(49)33(44)20-26(3)39(42)47/h7,9-18,20-21,27,29-33,35-38,45,49-50H,2,6,8,19,22-25H2,1,3-5H3/b10-9+,12-11+,14-13+,17-15+,18-16+/t27-,29+,30+,31+,32+,33-,35+,36-,37+,38-,41-,42-,43+,44-/m1/s1. The van der Waals surface area contributed by atoms with E-state index in [4.69, 9.17) is 9.47 Å². The lowest BCUT2D eigenvalue weighted by molar-refractivity contribution is -0.187. The second kappa shape index (κ2) is 13.4. The molecule has 1 aliphatic heterocycles. The third-order valence-corrected chi connectivity index (χ3v) is 14.0. The lowest BCUT2D eigenvalue weighted by Crippen LogP contribution is -2.61. The van der Waals surface area contributed by atoms with Gasteiger partial charge in [0.2, 0.25) is 0 Å². The summed E-state index contributed by atoms with van der Waals surface area (Å²) in [6.45, 7) is 11.3. The van der Waals surface area contributed by atoms with Crippen LogP contribution in [0.2, 0.25) is 0 Å². The highest BCUT2D eigenvalue weighted by Crippen LogP contribution is 2.77. The number of allylic oxidation sites excluding steroid dienone is 10. The molecule has 0 aromatic heterocycles. The molecule has 8 heteroatoms. The molecule has 3 N–H and O–H groups in total. The number of unbranched alkanes of at least 4 members (excludes halogenated alkanes) is 1. The topological polar surface area (TPSA) is 130 Å². The largest absolute Gasteiger partial charge is 0.465 e. The summed E-state index contributed by atoms with van der Waals surface area (Å²) in [4.78, 5) is 41.4. The smallest absolute Gasteiger partial charge is 0.310 e. The van der Waals surface area contributed by atoms with Crippen molar-refractivity contribution in [1.82, 2.24) is 0 Å². The Bertz CT molecular complexity index is 1730. The monoisotopic (exact) mass is 710 g/mol. The van der Waals surface area contributed by atoms with E-state index < -0.39 is 64.2 Å². The molecule has 4 fully saturated rings. The molecule has 0 aromatic carbocycles. The summed E-state index contributed by atoms with van der Waals surface area (Å²) in [6.07, 6.45) is 27.9. The quantitative estimate of drug-likeness (QED) is 0.161. The fraction of sp³-hybridized carbons (Fsp3) is 0.568. The average Bonchev–Trinajstić information content (AvgIpc) is 3.89. The lowest BCUT2D eigenvalue weighted by Gasteiger charge is -2.50. The van der Waals surface area contributed by atoms with Crippen molar-refractivity contribution in [1.29, 1.82) is 0 Å². The normalized spacial score (nSPS) is 47.2. The Morgan fingerprint density at radius 3 is 2.46 bits per heavy atom. The summed E-state index contributed by atoms with van der Waals surface area (Å²) in [7, 11) is 0. The van der Waals surface area contributed by atoms with Gasteiger partial charge < -0.3 is 24.8 Å². The van der Waals surface area contributed by atoms with E-state index in [0.717, 1.165) is 12.8 Å². The van der Waals surface area contributed by atoms with Gasteiger partial charge in [0.1, 0.15) is 17.8 Å². The molecule has 0 amide bonds. The predicted molar refractivity (Wildman–Crippen MR) is 197 cm³/mol. The minimum absolute atomic E-state index is 0.0199. The number of ketones is 1. The van der Waals surface area contributed by atoms with Gasteiger partial charge in [0, 0.05) is 29.6 Å². The third-order valence-electron chi connectivity index (χ3n) is 14.0. The summed E-state index contributed by atoms with van der Waals surface area (Å²) in [6, 6.07) is 0. The van der Waals surface area contributed by atoms with Gasteiger partial charge in [0.05, 0.1) is 24.5 Å². The predicted octanol–water partition coefficient (Wildman–Crippen LogP) is 5.93. The first-order valence-electron chi connectivity index (χ1n) is 19.2. The van der Waals surface area contributed by atoms with Crippen molar-refractivity contribution in [3.63, 3.8) is 0 Å². The lowest BCUT2D eigenvalue weighted by atomic mass is 9.60. The zero-order valence-electron chi connectivity index (χ0n) is 30.8. The van der Waals surface area contributed by atoms with Crippen LogP contribution in [-0.2, 0) is 23.9 Å². The maximum absolute atomic E-state index is 14.3. The number of hydrogen-bond donors (Lipinski definition) is 3. The summed E-state index contributed by atoms with van der Waals surface area (Å²) in [5, 5.41) is 35.1. The fourth-order valence-corrected chi connectivity index (χ4v) is 11.6. The van der Waals surface area contributed by atoms with E-state index in [-0.39, 0.29) is 67.4 Å². The van der Waals surface area contributed by atoms with E-state index >= 15 is 0 Å². The second-order valence-electron chi connectivity index (χ2n) is 16.8. The Hall–Kier alpha value is -3.59. The summed E-state index contributed by atoms with van der Waals surface area (Å²) >= 11 is 0. The average molecular weight is 711 g/mol. The molecule has 0 bridgehead atoms. The van der Waals surface area contributed by atoms with Crippen LogP contribution in [0.1, 0.15) is 59.8 Å². The number of cyclic esters (lactones) is 1. The molecule has 278 valence electrons. The van der Waals surface area contributed by atoms with E-state index in [9.17, 15) is 29.7 Å². The molecule has 52 heavy (non-hydrogen) atoms. The van der Waals surface area contributed by atoms with Gasteiger partial charge in [-0.2, -0.15) is 0 Å². The van der Waals surface area contributed by atoms with Crippen molar-refractivity contribution in [3.05, 3.63) is 96.7 Å². The molecule has 1 spiro atoms. The molecule has 6 aliphatic carbocycles.